The van der Waals surface area contributed by atoms with E-state index in [9.17, 15) is 19.5 Å². The first-order chi connectivity index (χ1) is 15.9. The fourth-order valence-electron chi connectivity index (χ4n) is 3.78. The predicted molar refractivity (Wildman–Crippen MR) is 120 cm³/mol. The molecule has 3 aromatic rings. The number of carbonyl (C=O) groups excluding carboxylic acids is 2. The largest absolute Gasteiger partial charge is 0.380 e. The summed E-state index contributed by atoms with van der Waals surface area (Å²) >= 11 is 0. The summed E-state index contributed by atoms with van der Waals surface area (Å²) in [4.78, 5) is 41.6. The first-order valence-electron chi connectivity index (χ1n) is 10.2. The molecule has 0 spiro atoms. The zero-order chi connectivity index (χ0) is 23.5. The number of hydrogen-bond acceptors (Lipinski definition) is 7. The maximum atomic E-state index is 13.2. The summed E-state index contributed by atoms with van der Waals surface area (Å²) in [6.45, 7) is 0.427. The number of amides is 2. The SMILES string of the molecule is N#Cc1ccc(NC(=O)[C@H](O)[C@H]2OCCN(c3cccc4[nH]c(=O)ccc34)C2=O)cc1CN. The fourth-order valence-corrected chi connectivity index (χ4v) is 3.78. The number of aliphatic hydroxyl groups excluding tert-OH is 1. The molecule has 1 aromatic heterocycles. The fraction of sp³-hybridized carbons (Fsp3) is 0.217. The maximum Gasteiger partial charge on any atom is 0.259 e. The summed E-state index contributed by atoms with van der Waals surface area (Å²) in [5, 5.41) is 22.9. The standard InChI is InChI=1S/C23H21N5O5/c24-11-13-4-5-15(10-14(13)12-25)26-22(31)20(30)21-23(32)28(8-9-33-21)18-3-1-2-17-16(18)6-7-19(29)27-17/h1-7,10,20-21,30H,8-9,12,25H2,(H,26,31)(H,27,29)/t20-,21-/m1/s1. The number of benzene rings is 2. The van der Waals surface area contributed by atoms with Crippen molar-refractivity contribution >= 4 is 34.1 Å². The molecule has 2 aromatic carbocycles. The molecule has 2 amide bonds. The van der Waals surface area contributed by atoms with Gasteiger partial charge in [0.25, 0.3) is 11.8 Å². The molecule has 2 heterocycles. The van der Waals surface area contributed by atoms with Gasteiger partial charge in [-0.25, -0.2) is 0 Å². The van der Waals surface area contributed by atoms with Gasteiger partial charge in [-0.3, -0.25) is 14.4 Å². The summed E-state index contributed by atoms with van der Waals surface area (Å²) in [6.07, 6.45) is -3.18. The van der Waals surface area contributed by atoms with Crippen LogP contribution in [-0.4, -0.2) is 47.3 Å². The normalized spacial score (nSPS) is 16.9. The summed E-state index contributed by atoms with van der Waals surface area (Å²) in [6, 6.07) is 14.7. The van der Waals surface area contributed by atoms with Gasteiger partial charge in [0.1, 0.15) is 0 Å². The van der Waals surface area contributed by atoms with E-state index in [1.54, 1.807) is 24.3 Å². The topological polar surface area (TPSA) is 162 Å². The summed E-state index contributed by atoms with van der Waals surface area (Å²) < 4.78 is 5.45. The van der Waals surface area contributed by atoms with Crippen LogP contribution in [0, 0.1) is 11.3 Å². The average molecular weight is 447 g/mol. The molecule has 0 saturated carbocycles. The van der Waals surface area contributed by atoms with Crippen LogP contribution in [0.15, 0.2) is 53.3 Å². The highest BCUT2D eigenvalue weighted by Crippen LogP contribution is 2.28. The second kappa shape index (κ2) is 9.22. The van der Waals surface area contributed by atoms with E-state index in [4.69, 9.17) is 15.7 Å². The van der Waals surface area contributed by atoms with Crippen LogP contribution in [-0.2, 0) is 20.9 Å². The van der Waals surface area contributed by atoms with Gasteiger partial charge in [0.2, 0.25) is 5.56 Å². The Kier molecular flexibility index (Phi) is 6.19. The molecule has 33 heavy (non-hydrogen) atoms. The summed E-state index contributed by atoms with van der Waals surface area (Å²) in [5.74, 6) is -1.41. The van der Waals surface area contributed by atoms with E-state index in [2.05, 4.69) is 10.3 Å². The van der Waals surface area contributed by atoms with E-state index in [1.165, 1.54) is 29.2 Å². The Balaban J connectivity index is 1.55. The highest BCUT2D eigenvalue weighted by atomic mass is 16.5. The van der Waals surface area contributed by atoms with Gasteiger partial charge in [-0.2, -0.15) is 5.26 Å². The zero-order valence-electron chi connectivity index (χ0n) is 17.4. The van der Waals surface area contributed by atoms with Gasteiger partial charge >= 0.3 is 0 Å². The first kappa shape index (κ1) is 22.2. The minimum absolute atomic E-state index is 0.102. The second-order valence-corrected chi connectivity index (χ2v) is 7.46. The molecule has 168 valence electrons. The number of nitrogens with two attached hydrogens (primary N) is 1. The molecule has 1 aliphatic rings. The number of nitrogens with zero attached hydrogens (tertiary/aromatic N) is 2. The average Bonchev–Trinajstić information content (AvgIpc) is 2.83. The molecule has 1 fully saturated rings. The summed E-state index contributed by atoms with van der Waals surface area (Å²) in [5.41, 5.74) is 7.72. The lowest BCUT2D eigenvalue weighted by molar-refractivity contribution is -0.150. The van der Waals surface area contributed by atoms with Gasteiger partial charge < -0.3 is 30.8 Å². The third-order valence-electron chi connectivity index (χ3n) is 5.42. The molecule has 1 saturated heterocycles. The molecule has 4 rings (SSSR count). The lowest BCUT2D eigenvalue weighted by Gasteiger charge is -2.34. The van der Waals surface area contributed by atoms with Gasteiger partial charge in [-0.15, -0.1) is 0 Å². The minimum atomic E-state index is -1.77. The van der Waals surface area contributed by atoms with E-state index < -0.39 is 24.0 Å². The molecule has 5 N–H and O–H groups in total. The zero-order valence-corrected chi connectivity index (χ0v) is 17.4. The molecular formula is C23H21N5O5. The maximum absolute atomic E-state index is 13.2. The number of nitriles is 1. The number of fused-ring (bicyclic) bond motifs is 1. The number of carbonyl (C=O) groups is 2. The Hall–Kier alpha value is -4.04. The van der Waals surface area contributed by atoms with Crippen LogP contribution >= 0.6 is 0 Å². The van der Waals surface area contributed by atoms with Gasteiger partial charge in [0.05, 0.1) is 29.4 Å². The van der Waals surface area contributed by atoms with Gasteiger partial charge in [0, 0.05) is 30.2 Å². The van der Waals surface area contributed by atoms with Crippen LogP contribution in [0.5, 0.6) is 0 Å². The second-order valence-electron chi connectivity index (χ2n) is 7.46. The van der Waals surface area contributed by atoms with Crippen molar-refractivity contribution in [2.45, 2.75) is 18.8 Å². The molecule has 10 heteroatoms. The van der Waals surface area contributed by atoms with Crippen LogP contribution in [0.4, 0.5) is 11.4 Å². The van der Waals surface area contributed by atoms with E-state index >= 15 is 0 Å². The Morgan fingerprint density at radius 1 is 1.30 bits per heavy atom. The van der Waals surface area contributed by atoms with Gasteiger partial charge in [0.15, 0.2) is 12.2 Å². The number of aromatic nitrogens is 1. The van der Waals surface area contributed by atoms with Crippen LogP contribution in [0.3, 0.4) is 0 Å². The number of hydrogen-bond donors (Lipinski definition) is 4. The van der Waals surface area contributed by atoms with Crippen LogP contribution in [0.25, 0.3) is 10.9 Å². The third kappa shape index (κ3) is 4.33. The number of nitrogens with one attached hydrogen (secondary N) is 2. The number of aliphatic hydroxyl groups is 1. The van der Waals surface area contributed by atoms with E-state index in [0.717, 1.165) is 0 Å². The van der Waals surface area contributed by atoms with Crippen LogP contribution < -0.4 is 21.5 Å². The van der Waals surface area contributed by atoms with Crippen molar-refractivity contribution in [2.75, 3.05) is 23.4 Å². The number of pyridine rings is 1. The Labute approximate surface area is 188 Å². The summed E-state index contributed by atoms with van der Waals surface area (Å²) in [7, 11) is 0. The molecule has 0 bridgehead atoms. The predicted octanol–water partition coefficient (Wildman–Crippen LogP) is 0.590. The smallest absolute Gasteiger partial charge is 0.259 e. The monoisotopic (exact) mass is 447 g/mol. The Morgan fingerprint density at radius 3 is 2.88 bits per heavy atom. The molecule has 0 unspecified atom stereocenters. The van der Waals surface area contributed by atoms with Crippen LogP contribution in [0.1, 0.15) is 11.1 Å². The number of ether oxygens (including phenoxy) is 1. The van der Waals surface area contributed by atoms with Crippen molar-refractivity contribution in [1.29, 1.82) is 5.26 Å². The molecule has 2 atom stereocenters. The van der Waals surface area contributed by atoms with Crippen molar-refractivity contribution < 1.29 is 19.4 Å². The molecular weight excluding hydrogens is 426 g/mol. The van der Waals surface area contributed by atoms with Crippen molar-refractivity contribution in [1.82, 2.24) is 4.98 Å². The molecule has 10 nitrogen and oxygen atoms in total. The minimum Gasteiger partial charge on any atom is -0.380 e. The third-order valence-corrected chi connectivity index (χ3v) is 5.42. The van der Waals surface area contributed by atoms with Crippen molar-refractivity contribution in [3.8, 4) is 6.07 Å². The van der Waals surface area contributed by atoms with Crippen molar-refractivity contribution in [3.05, 3.63) is 70.0 Å². The Bertz CT molecular complexity index is 1330. The first-order valence-corrected chi connectivity index (χ1v) is 10.2. The van der Waals surface area contributed by atoms with E-state index in [1.807, 2.05) is 6.07 Å². The number of aromatic amines is 1. The highest BCUT2D eigenvalue weighted by molar-refractivity contribution is 6.07. The molecule has 0 aliphatic carbocycles. The van der Waals surface area contributed by atoms with Gasteiger partial charge in [-0.05, 0) is 42.0 Å². The molecule has 0 radical (unpaired) electrons. The van der Waals surface area contributed by atoms with E-state index in [0.29, 0.717) is 33.4 Å². The Morgan fingerprint density at radius 2 is 2.12 bits per heavy atom. The lowest BCUT2D eigenvalue weighted by Crippen LogP contribution is -2.55. The molecule has 1 aliphatic heterocycles. The van der Waals surface area contributed by atoms with Crippen LogP contribution in [0.2, 0.25) is 0 Å². The number of rotatable bonds is 5. The number of H-pyrrole nitrogens is 1. The highest BCUT2D eigenvalue weighted by Gasteiger charge is 2.39. The number of morpholine rings is 1. The van der Waals surface area contributed by atoms with Crippen molar-refractivity contribution in [3.63, 3.8) is 0 Å². The lowest BCUT2D eigenvalue weighted by atomic mass is 10.1. The number of anilines is 2. The quantitative estimate of drug-likeness (QED) is 0.445. The van der Waals surface area contributed by atoms with Gasteiger partial charge in [-0.1, -0.05) is 6.07 Å². The van der Waals surface area contributed by atoms with Crippen molar-refractivity contribution in [2.24, 2.45) is 5.73 Å². The van der Waals surface area contributed by atoms with E-state index in [-0.39, 0.29) is 25.3 Å².